The van der Waals surface area contributed by atoms with Crippen LogP contribution in [0.25, 0.3) is 5.57 Å². The average molecular weight is 294 g/mol. The Labute approximate surface area is 127 Å². The number of hydrogen-bond donors (Lipinski definition) is 2. The maximum atomic E-state index is 12.6. The zero-order valence-corrected chi connectivity index (χ0v) is 11.7. The number of nitrogens with zero attached hydrogens (tertiary/aromatic N) is 1. The second kappa shape index (κ2) is 5.83. The lowest BCUT2D eigenvalue weighted by atomic mass is 10.1. The first-order valence-electron chi connectivity index (χ1n) is 6.81. The maximum absolute atomic E-state index is 12.6. The molecule has 0 radical (unpaired) electrons. The summed E-state index contributed by atoms with van der Waals surface area (Å²) < 4.78 is 0. The molecule has 2 aromatic carbocycles. The summed E-state index contributed by atoms with van der Waals surface area (Å²) in [6, 6.07) is 16.9. The van der Waals surface area contributed by atoms with Crippen molar-refractivity contribution in [3.8, 4) is 0 Å². The molecular weight excluding hydrogens is 280 g/mol. The highest BCUT2D eigenvalue weighted by Gasteiger charge is 2.32. The van der Waals surface area contributed by atoms with Crippen molar-refractivity contribution in [1.82, 2.24) is 5.48 Å². The van der Waals surface area contributed by atoms with Crippen LogP contribution in [0.15, 0.2) is 60.7 Å². The van der Waals surface area contributed by atoms with E-state index >= 15 is 0 Å². The number of carbonyl (C=O) groups is 2. The lowest BCUT2D eigenvalue weighted by Crippen LogP contribution is -2.26. The normalized spacial score (nSPS) is 15.0. The fraction of sp³-hybridized carbons (Fsp3) is 0.0588. The van der Waals surface area contributed by atoms with Crippen LogP contribution in [0.4, 0.5) is 5.69 Å². The zero-order chi connectivity index (χ0) is 15.5. The van der Waals surface area contributed by atoms with Crippen LogP contribution in [-0.2, 0) is 16.1 Å². The molecule has 0 bridgehead atoms. The summed E-state index contributed by atoms with van der Waals surface area (Å²) in [5.41, 5.74) is 4.24. The van der Waals surface area contributed by atoms with E-state index in [2.05, 4.69) is 0 Å². The second-order valence-corrected chi connectivity index (χ2v) is 4.93. The number of benzene rings is 2. The van der Waals surface area contributed by atoms with Crippen molar-refractivity contribution >= 4 is 23.1 Å². The number of rotatable bonds is 3. The van der Waals surface area contributed by atoms with Crippen LogP contribution in [0.1, 0.15) is 11.1 Å². The van der Waals surface area contributed by atoms with Gasteiger partial charge in [0.25, 0.3) is 11.8 Å². The van der Waals surface area contributed by atoms with Gasteiger partial charge in [-0.2, -0.15) is 0 Å². The molecule has 2 aromatic rings. The molecule has 1 heterocycles. The van der Waals surface area contributed by atoms with Crippen molar-refractivity contribution in [2.24, 2.45) is 0 Å². The van der Waals surface area contributed by atoms with Crippen LogP contribution in [0.5, 0.6) is 0 Å². The van der Waals surface area contributed by atoms with Gasteiger partial charge >= 0.3 is 0 Å². The highest BCUT2D eigenvalue weighted by molar-refractivity contribution is 6.34. The summed E-state index contributed by atoms with van der Waals surface area (Å²) >= 11 is 0. The molecule has 0 atom stereocenters. The highest BCUT2D eigenvalue weighted by Crippen LogP contribution is 2.37. The van der Waals surface area contributed by atoms with E-state index in [4.69, 9.17) is 5.21 Å². The number of para-hydroxylation sites is 1. The lowest BCUT2D eigenvalue weighted by Gasteiger charge is -2.17. The molecule has 2 N–H and O–H groups in total. The van der Waals surface area contributed by atoms with E-state index in [0.29, 0.717) is 12.1 Å². The van der Waals surface area contributed by atoms with Gasteiger partial charge < -0.3 is 4.90 Å². The van der Waals surface area contributed by atoms with Gasteiger partial charge in [-0.25, -0.2) is 5.48 Å². The van der Waals surface area contributed by atoms with Gasteiger partial charge in [-0.05, 0) is 11.6 Å². The summed E-state index contributed by atoms with van der Waals surface area (Å²) in [7, 11) is 0. The Morgan fingerprint density at radius 3 is 2.50 bits per heavy atom. The number of fused-ring (bicyclic) bond motifs is 1. The van der Waals surface area contributed by atoms with Gasteiger partial charge in [-0.15, -0.1) is 0 Å². The van der Waals surface area contributed by atoms with Gasteiger partial charge in [0.15, 0.2) is 0 Å². The van der Waals surface area contributed by atoms with Crippen LogP contribution in [0.2, 0.25) is 0 Å². The standard InChI is InChI=1S/C17H14N2O3/c20-16(18-22)10-14-13-8-4-5-9-15(13)19(17(14)21)11-12-6-2-1-3-7-12/h1-10,22H,11H2,(H,18,20). The van der Waals surface area contributed by atoms with E-state index in [1.165, 1.54) is 5.48 Å². The van der Waals surface area contributed by atoms with Gasteiger partial charge in [0.05, 0.1) is 17.8 Å². The van der Waals surface area contributed by atoms with Gasteiger partial charge in [0.2, 0.25) is 0 Å². The number of carbonyl (C=O) groups excluding carboxylic acids is 2. The van der Waals surface area contributed by atoms with Crippen LogP contribution in [-0.4, -0.2) is 17.0 Å². The largest absolute Gasteiger partial charge is 0.303 e. The third-order valence-corrected chi connectivity index (χ3v) is 3.53. The van der Waals surface area contributed by atoms with E-state index in [1.807, 2.05) is 48.5 Å². The first-order chi connectivity index (χ1) is 10.7. The molecule has 3 rings (SSSR count). The van der Waals surface area contributed by atoms with E-state index in [9.17, 15) is 9.59 Å². The van der Waals surface area contributed by atoms with Crippen molar-refractivity contribution in [1.29, 1.82) is 0 Å². The van der Waals surface area contributed by atoms with Crippen LogP contribution in [0, 0.1) is 0 Å². The molecule has 0 saturated heterocycles. The predicted molar refractivity (Wildman–Crippen MR) is 82.0 cm³/mol. The summed E-state index contributed by atoms with van der Waals surface area (Å²) in [5.74, 6) is -0.978. The minimum Gasteiger partial charge on any atom is -0.303 e. The number of hydroxylamine groups is 1. The Hall–Kier alpha value is -2.92. The molecule has 110 valence electrons. The van der Waals surface area contributed by atoms with E-state index < -0.39 is 5.91 Å². The third-order valence-electron chi connectivity index (χ3n) is 3.53. The van der Waals surface area contributed by atoms with Crippen molar-refractivity contribution in [2.45, 2.75) is 6.54 Å². The Balaban J connectivity index is 2.01. The zero-order valence-electron chi connectivity index (χ0n) is 11.7. The van der Waals surface area contributed by atoms with Crippen LogP contribution >= 0.6 is 0 Å². The topological polar surface area (TPSA) is 69.6 Å². The lowest BCUT2D eigenvalue weighted by molar-refractivity contribution is -0.124. The Bertz CT molecular complexity index is 754. The molecule has 5 heteroatoms. The fourth-order valence-corrected chi connectivity index (χ4v) is 2.53. The molecule has 22 heavy (non-hydrogen) atoms. The monoisotopic (exact) mass is 294 g/mol. The molecule has 1 aliphatic heterocycles. The van der Waals surface area contributed by atoms with Crippen molar-refractivity contribution in [3.05, 3.63) is 71.8 Å². The van der Waals surface area contributed by atoms with E-state index in [0.717, 1.165) is 17.3 Å². The van der Waals surface area contributed by atoms with Crippen molar-refractivity contribution in [2.75, 3.05) is 4.90 Å². The Morgan fingerprint density at radius 2 is 1.77 bits per heavy atom. The number of nitrogens with one attached hydrogen (secondary N) is 1. The first kappa shape index (κ1) is 14.0. The number of hydrogen-bond acceptors (Lipinski definition) is 3. The Kier molecular flexibility index (Phi) is 3.72. The molecule has 0 saturated carbocycles. The third kappa shape index (κ3) is 2.49. The maximum Gasteiger partial charge on any atom is 0.268 e. The minimum absolute atomic E-state index is 0.256. The summed E-state index contributed by atoms with van der Waals surface area (Å²) in [5, 5.41) is 8.66. The van der Waals surface area contributed by atoms with Gasteiger partial charge in [0, 0.05) is 11.6 Å². The van der Waals surface area contributed by atoms with E-state index in [-0.39, 0.29) is 11.5 Å². The second-order valence-electron chi connectivity index (χ2n) is 4.93. The quantitative estimate of drug-likeness (QED) is 0.517. The molecule has 0 aromatic heterocycles. The Morgan fingerprint density at radius 1 is 1.09 bits per heavy atom. The van der Waals surface area contributed by atoms with Crippen molar-refractivity contribution in [3.63, 3.8) is 0 Å². The minimum atomic E-state index is -0.722. The fourth-order valence-electron chi connectivity index (χ4n) is 2.53. The smallest absolute Gasteiger partial charge is 0.268 e. The average Bonchev–Trinajstić information content (AvgIpc) is 2.82. The van der Waals surface area contributed by atoms with Gasteiger partial charge in [0.1, 0.15) is 0 Å². The predicted octanol–water partition coefficient (Wildman–Crippen LogP) is 2.12. The molecule has 0 aliphatic carbocycles. The number of anilines is 1. The molecular formula is C17H14N2O3. The molecule has 0 fully saturated rings. The molecule has 1 aliphatic rings. The molecule has 5 nitrogen and oxygen atoms in total. The van der Waals surface area contributed by atoms with Crippen LogP contribution in [0.3, 0.4) is 0 Å². The number of amides is 2. The summed E-state index contributed by atoms with van der Waals surface area (Å²) in [4.78, 5) is 25.6. The van der Waals surface area contributed by atoms with Crippen LogP contribution < -0.4 is 10.4 Å². The summed E-state index contributed by atoms with van der Waals surface area (Å²) in [6.45, 7) is 0.425. The van der Waals surface area contributed by atoms with E-state index in [1.54, 1.807) is 11.0 Å². The van der Waals surface area contributed by atoms with Crippen molar-refractivity contribution < 1.29 is 14.8 Å². The van der Waals surface area contributed by atoms with Gasteiger partial charge in [-0.3, -0.25) is 14.8 Å². The first-order valence-corrected chi connectivity index (χ1v) is 6.81. The molecule has 0 spiro atoms. The molecule has 2 amide bonds. The summed E-state index contributed by atoms with van der Waals surface area (Å²) in [6.07, 6.45) is 1.12. The van der Waals surface area contributed by atoms with Gasteiger partial charge in [-0.1, -0.05) is 48.5 Å². The SMILES string of the molecule is O=C(C=C1C(=O)N(Cc2ccccc2)c2ccccc21)NO. The molecule has 0 unspecified atom stereocenters. The highest BCUT2D eigenvalue weighted by atomic mass is 16.5.